The SMILES string of the molecule is Clc1ccc(-c2nc3c4ccccc4nc(-c4ccccc4)n3c2NC2CCCCC2)cc1. The number of nitrogens with zero attached hydrogens (tertiary/aromatic N) is 3. The van der Waals surface area contributed by atoms with Crippen LogP contribution in [-0.2, 0) is 0 Å². The number of anilines is 1. The van der Waals surface area contributed by atoms with Crippen molar-refractivity contribution in [1.29, 1.82) is 0 Å². The Kier molecular flexibility index (Phi) is 5.23. The summed E-state index contributed by atoms with van der Waals surface area (Å²) in [6.07, 6.45) is 6.19. The van der Waals surface area contributed by atoms with E-state index in [1.54, 1.807) is 0 Å². The number of imidazole rings is 1. The monoisotopic (exact) mass is 452 g/mol. The van der Waals surface area contributed by atoms with Crippen LogP contribution in [0.15, 0.2) is 78.9 Å². The van der Waals surface area contributed by atoms with Crippen molar-refractivity contribution < 1.29 is 0 Å². The Labute approximate surface area is 198 Å². The van der Waals surface area contributed by atoms with E-state index in [-0.39, 0.29) is 0 Å². The molecule has 0 atom stereocenters. The van der Waals surface area contributed by atoms with E-state index in [1.807, 2.05) is 36.4 Å². The third-order valence-electron chi connectivity index (χ3n) is 6.56. The molecule has 0 bridgehead atoms. The van der Waals surface area contributed by atoms with Crippen LogP contribution in [0.5, 0.6) is 0 Å². The topological polar surface area (TPSA) is 42.2 Å². The van der Waals surface area contributed by atoms with Gasteiger partial charge in [-0.1, -0.05) is 85.5 Å². The van der Waals surface area contributed by atoms with Crippen LogP contribution >= 0.6 is 11.6 Å². The van der Waals surface area contributed by atoms with Gasteiger partial charge in [-0.15, -0.1) is 0 Å². The average molecular weight is 453 g/mol. The third kappa shape index (κ3) is 3.75. The minimum absolute atomic E-state index is 0.430. The molecule has 0 aliphatic heterocycles. The van der Waals surface area contributed by atoms with E-state index in [1.165, 1.54) is 32.1 Å². The Bertz CT molecular complexity index is 1420. The van der Waals surface area contributed by atoms with Crippen LogP contribution in [0.25, 0.3) is 39.2 Å². The summed E-state index contributed by atoms with van der Waals surface area (Å²) in [6.45, 7) is 0. The molecule has 1 saturated carbocycles. The number of rotatable bonds is 4. The van der Waals surface area contributed by atoms with Gasteiger partial charge in [-0.05, 0) is 37.1 Å². The highest BCUT2D eigenvalue weighted by Crippen LogP contribution is 2.37. The highest BCUT2D eigenvalue weighted by Gasteiger charge is 2.23. The van der Waals surface area contributed by atoms with Crippen molar-refractivity contribution >= 4 is 34.0 Å². The lowest BCUT2D eigenvalue weighted by Gasteiger charge is -2.24. The van der Waals surface area contributed by atoms with Crippen molar-refractivity contribution in [3.05, 3.63) is 83.9 Å². The molecule has 4 nitrogen and oxygen atoms in total. The molecule has 1 aliphatic rings. The zero-order chi connectivity index (χ0) is 22.2. The van der Waals surface area contributed by atoms with E-state index >= 15 is 0 Å². The maximum absolute atomic E-state index is 6.21. The molecule has 5 aromatic rings. The summed E-state index contributed by atoms with van der Waals surface area (Å²) in [4.78, 5) is 10.3. The fourth-order valence-electron chi connectivity index (χ4n) is 4.89. The maximum atomic E-state index is 6.21. The number of aromatic nitrogens is 3. The van der Waals surface area contributed by atoms with Gasteiger partial charge in [-0.25, -0.2) is 9.97 Å². The van der Waals surface area contributed by atoms with Gasteiger partial charge in [0.15, 0.2) is 0 Å². The number of hydrogen-bond acceptors (Lipinski definition) is 3. The average Bonchev–Trinajstić information content (AvgIpc) is 3.24. The molecule has 3 aromatic carbocycles. The molecule has 5 heteroatoms. The summed E-state index contributed by atoms with van der Waals surface area (Å²) < 4.78 is 2.22. The van der Waals surface area contributed by atoms with E-state index in [2.05, 4.69) is 52.2 Å². The van der Waals surface area contributed by atoms with E-state index in [0.29, 0.717) is 6.04 Å². The Morgan fingerprint density at radius 2 is 1.48 bits per heavy atom. The first kappa shape index (κ1) is 20.3. The van der Waals surface area contributed by atoms with E-state index < -0.39 is 0 Å². The Morgan fingerprint density at radius 1 is 0.758 bits per heavy atom. The fourth-order valence-corrected chi connectivity index (χ4v) is 5.02. The van der Waals surface area contributed by atoms with Crippen LogP contribution in [-0.4, -0.2) is 20.4 Å². The van der Waals surface area contributed by atoms with Crippen LogP contribution in [0.3, 0.4) is 0 Å². The van der Waals surface area contributed by atoms with Gasteiger partial charge >= 0.3 is 0 Å². The predicted octanol–water partition coefficient (Wildman–Crippen LogP) is 7.61. The largest absolute Gasteiger partial charge is 0.367 e. The molecule has 2 aromatic heterocycles. The molecule has 0 amide bonds. The van der Waals surface area contributed by atoms with Gasteiger partial charge in [-0.3, -0.25) is 4.40 Å². The van der Waals surface area contributed by atoms with E-state index in [9.17, 15) is 0 Å². The molecule has 2 heterocycles. The third-order valence-corrected chi connectivity index (χ3v) is 6.81. The van der Waals surface area contributed by atoms with Crippen LogP contribution in [0, 0.1) is 0 Å². The van der Waals surface area contributed by atoms with Crippen LogP contribution in [0.1, 0.15) is 32.1 Å². The first-order valence-corrected chi connectivity index (χ1v) is 12.0. The molecule has 0 radical (unpaired) electrons. The molecular weight excluding hydrogens is 428 g/mol. The highest BCUT2D eigenvalue weighted by molar-refractivity contribution is 6.30. The van der Waals surface area contributed by atoms with Crippen molar-refractivity contribution in [1.82, 2.24) is 14.4 Å². The zero-order valence-corrected chi connectivity index (χ0v) is 19.1. The lowest BCUT2D eigenvalue weighted by Crippen LogP contribution is -2.23. The summed E-state index contributed by atoms with van der Waals surface area (Å²) >= 11 is 6.21. The van der Waals surface area contributed by atoms with Gasteiger partial charge in [0.1, 0.15) is 23.0 Å². The smallest absolute Gasteiger partial charge is 0.150 e. The zero-order valence-electron chi connectivity index (χ0n) is 18.3. The van der Waals surface area contributed by atoms with Gasteiger partial charge in [0.2, 0.25) is 0 Å². The minimum Gasteiger partial charge on any atom is -0.367 e. The molecule has 0 unspecified atom stereocenters. The van der Waals surface area contributed by atoms with Gasteiger partial charge in [0.05, 0.1) is 5.52 Å². The standard InChI is InChI=1S/C28H25ClN4/c29-21-17-15-19(16-18-21)25-28(30-22-11-5-2-6-12-22)33-26(20-9-3-1-4-10-20)31-24-14-8-7-13-23(24)27(33)32-25/h1,3-4,7-10,13-18,22,30H,2,5-6,11-12H2. The fraction of sp³-hybridized carbons (Fsp3) is 0.214. The molecular formula is C28H25ClN4. The number of nitrogens with one attached hydrogen (secondary N) is 1. The van der Waals surface area contributed by atoms with Crippen molar-refractivity contribution in [3.8, 4) is 22.6 Å². The lowest BCUT2D eigenvalue weighted by molar-refractivity contribution is 0.462. The van der Waals surface area contributed by atoms with Crippen molar-refractivity contribution in [2.75, 3.05) is 5.32 Å². The van der Waals surface area contributed by atoms with Crippen molar-refractivity contribution in [2.45, 2.75) is 38.1 Å². The summed E-state index contributed by atoms with van der Waals surface area (Å²) in [5.74, 6) is 1.91. The molecule has 164 valence electrons. The van der Waals surface area contributed by atoms with E-state index in [4.69, 9.17) is 21.6 Å². The number of halogens is 1. The highest BCUT2D eigenvalue weighted by atomic mass is 35.5. The molecule has 1 fully saturated rings. The number of fused-ring (bicyclic) bond motifs is 3. The molecule has 6 rings (SSSR count). The summed E-state index contributed by atoms with van der Waals surface area (Å²) in [7, 11) is 0. The number of para-hydroxylation sites is 1. The van der Waals surface area contributed by atoms with E-state index in [0.717, 1.165) is 50.0 Å². The Balaban J connectivity index is 1.67. The minimum atomic E-state index is 0.430. The number of benzene rings is 3. The second-order valence-electron chi connectivity index (χ2n) is 8.77. The quantitative estimate of drug-likeness (QED) is 0.305. The summed E-state index contributed by atoms with van der Waals surface area (Å²) in [5, 5.41) is 5.66. The normalized spacial score (nSPS) is 14.7. The van der Waals surface area contributed by atoms with Gasteiger partial charge < -0.3 is 5.32 Å². The van der Waals surface area contributed by atoms with Crippen LogP contribution in [0.4, 0.5) is 5.82 Å². The molecule has 1 aliphatic carbocycles. The first-order valence-electron chi connectivity index (χ1n) is 11.7. The second kappa shape index (κ2) is 8.53. The Hall–Kier alpha value is -3.37. The van der Waals surface area contributed by atoms with Gasteiger partial charge in [0, 0.05) is 27.6 Å². The van der Waals surface area contributed by atoms with Crippen molar-refractivity contribution in [3.63, 3.8) is 0 Å². The first-order chi connectivity index (χ1) is 16.3. The Morgan fingerprint density at radius 3 is 2.27 bits per heavy atom. The van der Waals surface area contributed by atoms with Gasteiger partial charge in [-0.2, -0.15) is 0 Å². The predicted molar refractivity (Wildman–Crippen MR) is 137 cm³/mol. The summed E-state index contributed by atoms with van der Waals surface area (Å²) in [5.41, 5.74) is 4.92. The van der Waals surface area contributed by atoms with Crippen LogP contribution in [0.2, 0.25) is 5.02 Å². The second-order valence-corrected chi connectivity index (χ2v) is 9.21. The van der Waals surface area contributed by atoms with Crippen LogP contribution < -0.4 is 5.32 Å². The molecule has 0 spiro atoms. The molecule has 0 saturated heterocycles. The maximum Gasteiger partial charge on any atom is 0.150 e. The molecule has 1 N–H and O–H groups in total. The number of hydrogen-bond donors (Lipinski definition) is 1. The summed E-state index contributed by atoms with van der Waals surface area (Å²) in [6, 6.07) is 27.0. The lowest BCUT2D eigenvalue weighted by atomic mass is 9.95. The molecule has 33 heavy (non-hydrogen) atoms. The van der Waals surface area contributed by atoms with Gasteiger partial charge in [0.25, 0.3) is 0 Å². The van der Waals surface area contributed by atoms with Crippen molar-refractivity contribution in [2.24, 2.45) is 0 Å².